The van der Waals surface area contributed by atoms with Crippen molar-refractivity contribution in [1.82, 2.24) is 9.97 Å². The summed E-state index contributed by atoms with van der Waals surface area (Å²) in [6.07, 6.45) is 4.94. The van der Waals surface area contributed by atoms with Crippen LogP contribution in [0, 0.1) is 5.13 Å². The molecule has 0 radical (unpaired) electrons. The molecule has 1 aromatic carbocycles. The topological polar surface area (TPSA) is 117 Å². The Kier molecular flexibility index (Phi) is 6.09. The number of aromatic nitrogens is 2. The molecular formula is C20H17FN4O4S2. The Morgan fingerprint density at radius 2 is 2.00 bits per heavy atom. The van der Waals surface area contributed by atoms with Crippen molar-refractivity contribution in [2.75, 3.05) is 5.32 Å². The Morgan fingerprint density at radius 3 is 2.61 bits per heavy atom. The lowest BCUT2D eigenvalue weighted by atomic mass is 10.1. The smallest absolute Gasteiger partial charge is 0.280 e. The molecule has 2 heterocycles. The van der Waals surface area contributed by atoms with Gasteiger partial charge in [-0.25, -0.2) is 4.98 Å². The lowest BCUT2D eigenvalue weighted by Crippen LogP contribution is -2.24. The lowest BCUT2D eigenvalue weighted by Gasteiger charge is -2.30. The van der Waals surface area contributed by atoms with Crippen LogP contribution in [0.25, 0.3) is 0 Å². The van der Waals surface area contributed by atoms with Crippen molar-refractivity contribution in [3.8, 4) is 0 Å². The number of nitrogens with zero attached hydrogens (tertiary/aromatic N) is 3. The molecule has 1 aliphatic rings. The van der Waals surface area contributed by atoms with Crippen LogP contribution in [0.5, 0.6) is 0 Å². The van der Waals surface area contributed by atoms with Crippen LogP contribution in [0.1, 0.15) is 17.7 Å². The van der Waals surface area contributed by atoms with Crippen molar-refractivity contribution in [2.24, 2.45) is 5.16 Å². The molecule has 11 heteroatoms. The molecule has 2 aromatic heterocycles. The maximum absolute atomic E-state index is 13.2. The van der Waals surface area contributed by atoms with Crippen molar-refractivity contribution in [3.63, 3.8) is 0 Å². The number of anilines is 1. The Bertz CT molecular complexity index is 1150. The van der Waals surface area contributed by atoms with Crippen molar-refractivity contribution >= 4 is 38.7 Å². The molecule has 3 N–H and O–H groups in total. The molecule has 160 valence electrons. The number of benzene rings is 1. The van der Waals surface area contributed by atoms with Gasteiger partial charge in [-0.15, -0.1) is 10.6 Å². The zero-order valence-electron chi connectivity index (χ0n) is 15.9. The van der Waals surface area contributed by atoms with E-state index in [1.54, 1.807) is 30.5 Å². The first-order chi connectivity index (χ1) is 14.9. The summed E-state index contributed by atoms with van der Waals surface area (Å²) >= 11 is 0.681. The second kappa shape index (κ2) is 8.94. The molecule has 1 aliphatic carbocycles. The van der Waals surface area contributed by atoms with E-state index in [1.165, 1.54) is 24.3 Å². The van der Waals surface area contributed by atoms with Gasteiger partial charge in [-0.2, -0.15) is 4.39 Å². The van der Waals surface area contributed by atoms with Gasteiger partial charge in [-0.3, -0.25) is 24.2 Å². The first kappa shape index (κ1) is 21.1. The Hall–Kier alpha value is -3.12. The van der Waals surface area contributed by atoms with Gasteiger partial charge >= 0.3 is 0 Å². The summed E-state index contributed by atoms with van der Waals surface area (Å²) in [6, 6.07) is 11.4. The third-order valence-electron chi connectivity index (χ3n) is 4.20. The number of carbonyl (C=O) groups is 1. The standard InChI is InChI=1S/C20H17FN4O4S2/c21-17-11-23-20(30-17)24-19(26)18(25-29-12-14-3-1-2-10-22-14)13-4-6-15(7-5-13)31(27,28)16-8-9-16/h1-8,10-11,27-28H,9,12H2,(H,23,24,26). The van der Waals surface area contributed by atoms with Crippen LogP contribution in [0.3, 0.4) is 0 Å². The third kappa shape index (κ3) is 5.14. The molecular weight excluding hydrogens is 443 g/mol. The van der Waals surface area contributed by atoms with Crippen LogP contribution in [0.4, 0.5) is 9.52 Å². The zero-order valence-corrected chi connectivity index (χ0v) is 17.6. The number of amides is 1. The lowest BCUT2D eigenvalue weighted by molar-refractivity contribution is -0.110. The number of allylic oxidation sites excluding steroid dienone is 2. The van der Waals surface area contributed by atoms with Gasteiger partial charge < -0.3 is 4.84 Å². The Balaban J connectivity index is 1.57. The summed E-state index contributed by atoms with van der Waals surface area (Å²) in [6.45, 7) is 0.0380. The number of oxime groups is 1. The van der Waals surface area contributed by atoms with E-state index < -0.39 is 21.6 Å². The fraction of sp³-hybridized carbons (Fsp3) is 0.100. The van der Waals surface area contributed by atoms with Crippen molar-refractivity contribution < 1.29 is 23.1 Å². The number of rotatable bonds is 8. The molecule has 0 aliphatic heterocycles. The molecule has 0 spiro atoms. The van der Waals surface area contributed by atoms with Gasteiger partial charge in [0.05, 0.1) is 16.8 Å². The van der Waals surface area contributed by atoms with Gasteiger partial charge in [-0.1, -0.05) is 40.8 Å². The van der Waals surface area contributed by atoms with Crippen LogP contribution < -0.4 is 5.32 Å². The van der Waals surface area contributed by atoms with Gasteiger partial charge in [0.15, 0.2) is 22.6 Å². The van der Waals surface area contributed by atoms with Gasteiger partial charge in [0.1, 0.15) is 0 Å². The molecule has 0 fully saturated rings. The Labute approximate surface area is 182 Å². The third-order valence-corrected chi connectivity index (χ3v) is 6.90. The molecule has 8 nitrogen and oxygen atoms in total. The Morgan fingerprint density at radius 1 is 1.23 bits per heavy atom. The van der Waals surface area contributed by atoms with E-state index in [2.05, 4.69) is 20.4 Å². The SMILES string of the molecule is O=C(Nc1ncc(F)s1)C(=NOCc1ccccn1)c1ccc(S(O)(O)C2=CC2)cc1. The fourth-order valence-electron chi connectivity index (χ4n) is 2.57. The predicted molar refractivity (Wildman–Crippen MR) is 117 cm³/mol. The highest BCUT2D eigenvalue weighted by molar-refractivity contribution is 8.27. The highest BCUT2D eigenvalue weighted by atomic mass is 32.3. The van der Waals surface area contributed by atoms with E-state index in [0.717, 1.165) is 6.20 Å². The average molecular weight is 461 g/mol. The molecule has 0 bridgehead atoms. The van der Waals surface area contributed by atoms with Crippen LogP contribution in [0.2, 0.25) is 0 Å². The molecule has 1 amide bonds. The minimum absolute atomic E-state index is 0.0380. The molecule has 0 saturated carbocycles. The van der Waals surface area contributed by atoms with E-state index in [4.69, 9.17) is 4.84 Å². The van der Waals surface area contributed by atoms with E-state index in [-0.39, 0.29) is 17.5 Å². The summed E-state index contributed by atoms with van der Waals surface area (Å²) in [5.41, 5.74) is 0.912. The van der Waals surface area contributed by atoms with Crippen LogP contribution in [-0.2, 0) is 16.2 Å². The largest absolute Gasteiger partial charge is 0.389 e. The first-order valence-electron chi connectivity index (χ1n) is 9.04. The summed E-state index contributed by atoms with van der Waals surface area (Å²) < 4.78 is 33.8. The predicted octanol–water partition coefficient (Wildman–Crippen LogP) is 4.63. The normalized spacial score (nSPS) is 14.0. The van der Waals surface area contributed by atoms with Crippen LogP contribution >= 0.6 is 21.9 Å². The monoisotopic (exact) mass is 460 g/mol. The van der Waals surface area contributed by atoms with Crippen molar-refractivity contribution in [1.29, 1.82) is 0 Å². The minimum atomic E-state index is -3.00. The molecule has 0 saturated heterocycles. The van der Waals surface area contributed by atoms with Crippen LogP contribution in [-0.4, -0.2) is 30.7 Å². The van der Waals surface area contributed by atoms with E-state index in [9.17, 15) is 18.3 Å². The molecule has 0 atom stereocenters. The van der Waals surface area contributed by atoms with Crippen molar-refractivity contribution in [3.05, 3.63) is 82.2 Å². The summed E-state index contributed by atoms with van der Waals surface area (Å²) in [5, 5.41) is 5.97. The van der Waals surface area contributed by atoms with Gasteiger partial charge in [0.25, 0.3) is 5.91 Å². The van der Waals surface area contributed by atoms with Crippen LogP contribution in [0.15, 0.2) is 75.9 Å². The zero-order chi connectivity index (χ0) is 21.8. The fourth-order valence-corrected chi connectivity index (χ4v) is 4.47. The number of thiazole rings is 1. The maximum Gasteiger partial charge on any atom is 0.280 e. The van der Waals surface area contributed by atoms with Gasteiger partial charge in [-0.05, 0) is 24.3 Å². The average Bonchev–Trinajstić information content (AvgIpc) is 3.56. The molecule has 0 unspecified atom stereocenters. The summed E-state index contributed by atoms with van der Waals surface area (Å²) in [7, 11) is -3.00. The molecule has 3 aromatic rings. The maximum atomic E-state index is 13.2. The van der Waals surface area contributed by atoms with E-state index >= 15 is 0 Å². The number of hydrogen-bond acceptors (Lipinski definition) is 8. The minimum Gasteiger partial charge on any atom is -0.389 e. The molecule has 4 rings (SSSR count). The van der Waals surface area contributed by atoms with Gasteiger partial charge in [0.2, 0.25) is 0 Å². The number of hydrogen-bond donors (Lipinski definition) is 3. The quantitative estimate of drug-likeness (QED) is 0.333. The molecule has 31 heavy (non-hydrogen) atoms. The highest BCUT2D eigenvalue weighted by Crippen LogP contribution is 2.61. The van der Waals surface area contributed by atoms with E-state index in [1.807, 2.05) is 0 Å². The highest BCUT2D eigenvalue weighted by Gasteiger charge is 2.27. The van der Waals surface area contributed by atoms with Gasteiger partial charge in [0, 0.05) is 23.1 Å². The number of halogens is 1. The first-order valence-corrected chi connectivity index (χ1v) is 11.4. The second-order valence-corrected chi connectivity index (χ2v) is 9.48. The summed E-state index contributed by atoms with van der Waals surface area (Å²) in [4.78, 5) is 26.9. The number of carbonyl (C=O) groups excluding carboxylic acids is 1. The summed E-state index contributed by atoms with van der Waals surface area (Å²) in [5.74, 6) is -0.653. The number of pyridine rings is 1. The van der Waals surface area contributed by atoms with E-state index in [0.29, 0.717) is 38.8 Å². The second-order valence-electron chi connectivity index (χ2n) is 6.41. The van der Waals surface area contributed by atoms with Crippen molar-refractivity contribution in [2.45, 2.75) is 17.9 Å². The number of nitrogens with one attached hydrogen (secondary N) is 1.